The highest BCUT2D eigenvalue weighted by molar-refractivity contribution is 5.82. The van der Waals surface area contributed by atoms with Crippen molar-refractivity contribution in [1.29, 1.82) is 0 Å². The molecule has 176 valence electrons. The third kappa shape index (κ3) is 6.13. The van der Waals surface area contributed by atoms with Gasteiger partial charge in [-0.15, -0.1) is 0 Å². The Morgan fingerprint density at radius 2 is 1.87 bits per heavy atom. The normalized spacial score (nSPS) is 46.7. The van der Waals surface area contributed by atoms with Gasteiger partial charge >= 0.3 is 5.97 Å². The molecule has 3 aliphatic rings. The van der Waals surface area contributed by atoms with Crippen LogP contribution in [0.15, 0.2) is 24.3 Å². The van der Waals surface area contributed by atoms with Crippen molar-refractivity contribution in [2.75, 3.05) is 6.61 Å². The maximum atomic E-state index is 11.9. The van der Waals surface area contributed by atoms with Gasteiger partial charge in [0, 0.05) is 6.08 Å². The van der Waals surface area contributed by atoms with E-state index in [-0.39, 0.29) is 24.0 Å². The van der Waals surface area contributed by atoms with E-state index in [1.54, 1.807) is 0 Å². The molecule has 9 nitrogen and oxygen atoms in total. The Morgan fingerprint density at radius 1 is 1.10 bits per heavy atom. The van der Waals surface area contributed by atoms with Crippen LogP contribution in [0.5, 0.6) is 0 Å². The predicted molar refractivity (Wildman–Crippen MR) is 109 cm³/mol. The number of hydrogen-bond acceptors (Lipinski definition) is 9. The third-order valence-electron chi connectivity index (χ3n) is 6.35. The molecule has 2 heterocycles. The molecule has 1 saturated heterocycles. The minimum atomic E-state index is -1.50. The first-order chi connectivity index (χ1) is 14.8. The number of aliphatic hydroxyl groups is 5. The molecule has 2 fully saturated rings. The van der Waals surface area contributed by atoms with Crippen LogP contribution in [0.4, 0.5) is 0 Å². The summed E-state index contributed by atoms with van der Waals surface area (Å²) >= 11 is 0. The molecule has 0 aromatic rings. The summed E-state index contributed by atoms with van der Waals surface area (Å²) in [5.74, 6) is -0.709. The number of cyclic esters (lactones) is 1. The summed E-state index contributed by atoms with van der Waals surface area (Å²) in [5, 5.41) is 50.1. The fourth-order valence-corrected chi connectivity index (χ4v) is 4.56. The Bertz CT molecular complexity index is 649. The Labute approximate surface area is 181 Å². The number of ether oxygens (including phenoxy) is 3. The van der Waals surface area contributed by atoms with Gasteiger partial charge in [0.15, 0.2) is 6.29 Å². The minimum Gasteiger partial charge on any atom is -0.460 e. The second-order valence-corrected chi connectivity index (χ2v) is 8.71. The molecule has 5 unspecified atom stereocenters. The van der Waals surface area contributed by atoms with Crippen LogP contribution in [0.1, 0.15) is 39.0 Å². The molecule has 10 atom stereocenters. The number of hydrogen-bond donors (Lipinski definition) is 5. The van der Waals surface area contributed by atoms with Crippen molar-refractivity contribution in [3.63, 3.8) is 0 Å². The fraction of sp³-hybridized carbons (Fsp3) is 0.773. The van der Waals surface area contributed by atoms with E-state index >= 15 is 0 Å². The van der Waals surface area contributed by atoms with Gasteiger partial charge in [-0.3, -0.25) is 0 Å². The molecule has 0 bridgehead atoms. The number of aliphatic hydroxyl groups excluding tert-OH is 5. The first kappa shape index (κ1) is 24.3. The Balaban J connectivity index is 1.69. The first-order valence-corrected chi connectivity index (χ1v) is 11.0. The molecule has 1 aliphatic carbocycles. The van der Waals surface area contributed by atoms with Gasteiger partial charge in [0.05, 0.1) is 24.9 Å². The predicted octanol–water partition coefficient (Wildman–Crippen LogP) is -0.213. The minimum absolute atomic E-state index is 0.0104. The van der Waals surface area contributed by atoms with E-state index in [0.29, 0.717) is 12.8 Å². The van der Waals surface area contributed by atoms with Crippen molar-refractivity contribution >= 4 is 5.97 Å². The Hall–Kier alpha value is -1.33. The van der Waals surface area contributed by atoms with E-state index in [0.717, 1.165) is 19.3 Å². The molecule has 2 aliphatic heterocycles. The smallest absolute Gasteiger partial charge is 0.330 e. The molecule has 0 spiro atoms. The fourth-order valence-electron chi connectivity index (χ4n) is 4.56. The van der Waals surface area contributed by atoms with Gasteiger partial charge in [-0.05, 0) is 56.9 Å². The average molecular weight is 443 g/mol. The number of fused-ring (bicyclic) bond motifs is 1. The van der Waals surface area contributed by atoms with Crippen molar-refractivity contribution < 1.29 is 44.5 Å². The molecule has 0 aromatic heterocycles. The lowest BCUT2D eigenvalue weighted by molar-refractivity contribution is -0.311. The summed E-state index contributed by atoms with van der Waals surface area (Å²) in [6.45, 7) is 1.32. The lowest BCUT2D eigenvalue weighted by Crippen LogP contribution is -2.59. The van der Waals surface area contributed by atoms with Gasteiger partial charge in [0.1, 0.15) is 24.4 Å². The highest BCUT2D eigenvalue weighted by Crippen LogP contribution is 2.39. The molecule has 0 radical (unpaired) electrons. The zero-order valence-corrected chi connectivity index (χ0v) is 17.7. The lowest BCUT2D eigenvalue weighted by Gasteiger charge is -2.40. The molecular weight excluding hydrogens is 408 g/mol. The van der Waals surface area contributed by atoms with Gasteiger partial charge in [0.25, 0.3) is 0 Å². The lowest BCUT2D eigenvalue weighted by atomic mass is 9.90. The summed E-state index contributed by atoms with van der Waals surface area (Å²) < 4.78 is 16.6. The van der Waals surface area contributed by atoms with Gasteiger partial charge in [-0.1, -0.05) is 12.2 Å². The van der Waals surface area contributed by atoms with Crippen LogP contribution in [-0.4, -0.2) is 87.1 Å². The van der Waals surface area contributed by atoms with E-state index in [2.05, 4.69) is 12.2 Å². The largest absolute Gasteiger partial charge is 0.460 e. The summed E-state index contributed by atoms with van der Waals surface area (Å²) in [4.78, 5) is 11.9. The van der Waals surface area contributed by atoms with E-state index < -0.39 is 49.4 Å². The Morgan fingerprint density at radius 3 is 2.61 bits per heavy atom. The molecule has 1 saturated carbocycles. The van der Waals surface area contributed by atoms with Crippen molar-refractivity contribution in [1.82, 2.24) is 0 Å². The zero-order valence-electron chi connectivity index (χ0n) is 17.7. The van der Waals surface area contributed by atoms with E-state index in [1.807, 2.05) is 6.92 Å². The number of carbonyl (C=O) groups excluding carboxylic acids is 1. The molecular formula is C22H34O9. The molecule has 0 amide bonds. The van der Waals surface area contributed by atoms with E-state index in [1.165, 1.54) is 12.2 Å². The van der Waals surface area contributed by atoms with Crippen molar-refractivity contribution in [2.45, 2.75) is 88.0 Å². The number of esters is 1. The second-order valence-electron chi connectivity index (χ2n) is 8.71. The van der Waals surface area contributed by atoms with Gasteiger partial charge in [-0.25, -0.2) is 4.79 Å². The SMILES string of the molecule is C[C@H]1CCC/C=C/[C@@H]2C[C@H](OC3OC(CO)C(O)C(O)C3O)C[C@H]2[C@H](O)/C=C/C(=O)O1. The maximum Gasteiger partial charge on any atom is 0.330 e. The summed E-state index contributed by atoms with van der Waals surface area (Å²) in [6.07, 6.45) is 2.16. The summed E-state index contributed by atoms with van der Waals surface area (Å²) in [6, 6.07) is 0. The van der Waals surface area contributed by atoms with Crippen molar-refractivity contribution in [3.8, 4) is 0 Å². The van der Waals surface area contributed by atoms with Crippen LogP contribution < -0.4 is 0 Å². The van der Waals surface area contributed by atoms with E-state index in [4.69, 9.17) is 14.2 Å². The van der Waals surface area contributed by atoms with Crippen LogP contribution in [0, 0.1) is 11.8 Å². The Kier molecular flexibility index (Phi) is 8.63. The van der Waals surface area contributed by atoms with Gasteiger partial charge in [0.2, 0.25) is 0 Å². The van der Waals surface area contributed by atoms with Crippen LogP contribution in [0.3, 0.4) is 0 Å². The monoisotopic (exact) mass is 442 g/mol. The van der Waals surface area contributed by atoms with Crippen LogP contribution in [0.2, 0.25) is 0 Å². The molecule has 3 rings (SSSR count). The number of allylic oxidation sites excluding steroid dienone is 2. The highest BCUT2D eigenvalue weighted by Gasteiger charge is 2.46. The standard InChI is InChI=1S/C22H34O9/c1-12-5-3-2-4-6-13-9-14(10-15(13)16(24)7-8-18(25)29-12)30-22-21(28)20(27)19(26)17(11-23)31-22/h4,6-8,12-17,19-24,26-28H,2-3,5,9-11H2,1H3/b6-4+,8-7+/t12-,13+,14-,15+,16+,17?,19?,20?,21?,22?/m0/s1. The topological polar surface area (TPSA) is 146 Å². The van der Waals surface area contributed by atoms with Crippen molar-refractivity contribution in [3.05, 3.63) is 24.3 Å². The average Bonchev–Trinajstić information content (AvgIpc) is 3.14. The van der Waals surface area contributed by atoms with Crippen LogP contribution in [-0.2, 0) is 19.0 Å². The highest BCUT2D eigenvalue weighted by atomic mass is 16.7. The number of carbonyl (C=O) groups is 1. The quantitative estimate of drug-likeness (QED) is 0.296. The van der Waals surface area contributed by atoms with Crippen LogP contribution in [0.25, 0.3) is 0 Å². The van der Waals surface area contributed by atoms with Crippen molar-refractivity contribution in [2.24, 2.45) is 11.8 Å². The van der Waals surface area contributed by atoms with Gasteiger partial charge < -0.3 is 39.7 Å². The zero-order chi connectivity index (χ0) is 22.5. The van der Waals surface area contributed by atoms with Crippen LogP contribution >= 0.6 is 0 Å². The first-order valence-electron chi connectivity index (χ1n) is 11.0. The summed E-state index contributed by atoms with van der Waals surface area (Å²) in [7, 11) is 0. The molecule has 5 N–H and O–H groups in total. The second kappa shape index (κ2) is 11.0. The van der Waals surface area contributed by atoms with E-state index in [9.17, 15) is 30.3 Å². The molecule has 0 aromatic carbocycles. The number of rotatable bonds is 3. The maximum absolute atomic E-state index is 11.9. The molecule has 9 heteroatoms. The third-order valence-corrected chi connectivity index (χ3v) is 6.35. The molecule has 31 heavy (non-hydrogen) atoms. The summed E-state index contributed by atoms with van der Waals surface area (Å²) in [5.41, 5.74) is 0. The van der Waals surface area contributed by atoms with Gasteiger partial charge in [-0.2, -0.15) is 0 Å².